The minimum Gasteiger partial charge on any atom is -0.444 e. The maximum absolute atomic E-state index is 11.5. The lowest BCUT2D eigenvalue weighted by Crippen LogP contribution is -2.22. The Bertz CT molecular complexity index is 506. The van der Waals surface area contributed by atoms with Crippen LogP contribution in [0.15, 0.2) is 25.7 Å². The third-order valence-corrected chi connectivity index (χ3v) is 2.19. The summed E-state index contributed by atoms with van der Waals surface area (Å²) in [5.74, 6) is 0.783. The van der Waals surface area contributed by atoms with Gasteiger partial charge in [-0.3, -0.25) is 4.79 Å². The van der Waals surface area contributed by atoms with Crippen molar-refractivity contribution >= 4 is 21.8 Å². The molecule has 0 aliphatic rings. The normalized spacial score (nSPS) is 10.4. The highest BCUT2D eigenvalue weighted by Crippen LogP contribution is 2.13. The molecule has 1 N–H and O–H groups in total. The number of hydrogen-bond donors (Lipinski definition) is 1. The molecule has 0 radical (unpaired) electrons. The molecule has 1 amide bonds. The molecule has 0 spiro atoms. The van der Waals surface area contributed by atoms with E-state index in [-0.39, 0.29) is 18.2 Å². The molecule has 7 heteroatoms. The van der Waals surface area contributed by atoms with Gasteiger partial charge in [-0.15, -0.1) is 0 Å². The molecule has 0 saturated carbocycles. The van der Waals surface area contributed by atoms with Crippen LogP contribution in [-0.4, -0.2) is 16.0 Å². The summed E-state index contributed by atoms with van der Waals surface area (Å²) < 4.78 is 10.4. The second-order valence-corrected chi connectivity index (χ2v) is 3.80. The van der Waals surface area contributed by atoms with Crippen molar-refractivity contribution in [3.8, 4) is 0 Å². The van der Waals surface area contributed by atoms with Gasteiger partial charge in [0, 0.05) is 0 Å². The van der Waals surface area contributed by atoms with Gasteiger partial charge in [0.15, 0.2) is 16.3 Å². The van der Waals surface area contributed by atoms with Gasteiger partial charge in [-0.05, 0) is 35.0 Å². The van der Waals surface area contributed by atoms with Gasteiger partial charge in [-0.25, -0.2) is 0 Å². The molecule has 16 heavy (non-hydrogen) atoms. The second-order valence-electron chi connectivity index (χ2n) is 3.02. The van der Waals surface area contributed by atoms with Crippen molar-refractivity contribution < 1.29 is 13.7 Å². The van der Waals surface area contributed by atoms with Crippen LogP contribution in [-0.2, 0) is 6.54 Å². The predicted molar refractivity (Wildman–Crippen MR) is 56.6 cm³/mol. The van der Waals surface area contributed by atoms with E-state index in [1.54, 1.807) is 19.1 Å². The van der Waals surface area contributed by atoms with Crippen LogP contribution in [0.3, 0.4) is 0 Å². The molecule has 6 nitrogen and oxygen atoms in total. The van der Waals surface area contributed by atoms with Gasteiger partial charge in [-0.2, -0.15) is 4.98 Å². The maximum atomic E-state index is 11.5. The molecule has 2 aromatic heterocycles. The van der Waals surface area contributed by atoms with E-state index in [1.165, 1.54) is 0 Å². The van der Waals surface area contributed by atoms with Gasteiger partial charge < -0.3 is 14.3 Å². The minimum absolute atomic E-state index is 0.179. The number of hydrogen-bond acceptors (Lipinski definition) is 5. The summed E-state index contributed by atoms with van der Waals surface area (Å²) in [4.78, 5) is 15.5. The molecule has 0 fully saturated rings. The molecule has 0 aliphatic heterocycles. The largest absolute Gasteiger partial charge is 0.444 e. The fraction of sp³-hybridized carbons (Fsp3) is 0.222. The lowest BCUT2D eigenvalue weighted by Gasteiger charge is -1.97. The monoisotopic (exact) mass is 285 g/mol. The Kier molecular flexibility index (Phi) is 3.04. The Balaban J connectivity index is 1.93. The van der Waals surface area contributed by atoms with Crippen molar-refractivity contribution in [1.29, 1.82) is 0 Å². The molecule has 84 valence electrons. The lowest BCUT2D eigenvalue weighted by molar-refractivity contribution is 0.0917. The molecule has 0 aliphatic carbocycles. The first-order chi connectivity index (χ1) is 7.65. The molecular formula is C9H8BrN3O3. The van der Waals surface area contributed by atoms with E-state index < -0.39 is 0 Å². The van der Waals surface area contributed by atoms with Crippen molar-refractivity contribution in [2.24, 2.45) is 0 Å². The summed E-state index contributed by atoms with van der Waals surface area (Å²) in [7, 11) is 0. The molecular weight excluding hydrogens is 278 g/mol. The van der Waals surface area contributed by atoms with Gasteiger partial charge in [0.1, 0.15) is 0 Å². The third kappa shape index (κ3) is 2.48. The third-order valence-electron chi connectivity index (χ3n) is 1.77. The summed E-state index contributed by atoms with van der Waals surface area (Å²) in [6.07, 6.45) is 0. The van der Waals surface area contributed by atoms with Crippen LogP contribution in [0.5, 0.6) is 0 Å². The second kappa shape index (κ2) is 4.48. The highest BCUT2D eigenvalue weighted by molar-refractivity contribution is 9.10. The average Bonchev–Trinajstić information content (AvgIpc) is 2.84. The van der Waals surface area contributed by atoms with Crippen molar-refractivity contribution in [1.82, 2.24) is 15.5 Å². The number of rotatable bonds is 3. The summed E-state index contributed by atoms with van der Waals surface area (Å²) in [6.45, 7) is 1.89. The fourth-order valence-corrected chi connectivity index (χ4v) is 1.40. The van der Waals surface area contributed by atoms with Gasteiger partial charge >= 0.3 is 0 Å². The number of carbonyl (C=O) groups is 1. The Morgan fingerprint density at radius 1 is 1.56 bits per heavy atom. The molecule has 2 rings (SSSR count). The molecule has 2 aromatic rings. The Morgan fingerprint density at radius 2 is 2.38 bits per heavy atom. The SMILES string of the molecule is Cc1noc(CNC(=O)c2ccc(Br)o2)n1. The van der Waals surface area contributed by atoms with Crippen LogP contribution in [0.1, 0.15) is 22.3 Å². The van der Waals surface area contributed by atoms with E-state index in [0.717, 1.165) is 0 Å². The number of aryl methyl sites for hydroxylation is 1. The topological polar surface area (TPSA) is 81.2 Å². The first-order valence-corrected chi connectivity index (χ1v) is 5.27. The van der Waals surface area contributed by atoms with Gasteiger partial charge in [0.2, 0.25) is 5.89 Å². The summed E-state index contributed by atoms with van der Waals surface area (Å²) in [5.41, 5.74) is 0. The molecule has 0 atom stereocenters. The number of nitrogens with zero attached hydrogens (tertiary/aromatic N) is 2. The van der Waals surface area contributed by atoms with E-state index in [9.17, 15) is 4.79 Å². The molecule has 0 aromatic carbocycles. The standard InChI is InChI=1S/C9H8BrN3O3/c1-5-12-8(16-13-5)4-11-9(14)6-2-3-7(10)15-6/h2-3H,4H2,1H3,(H,11,14). The average molecular weight is 286 g/mol. The zero-order chi connectivity index (χ0) is 11.5. The van der Waals surface area contributed by atoms with E-state index in [2.05, 4.69) is 31.4 Å². The number of nitrogens with one attached hydrogen (secondary N) is 1. The Labute approximate surface area is 99.1 Å². The van der Waals surface area contributed by atoms with Crippen molar-refractivity contribution in [2.45, 2.75) is 13.5 Å². The summed E-state index contributed by atoms with van der Waals surface area (Å²) in [6, 6.07) is 3.21. The van der Waals surface area contributed by atoms with Crippen molar-refractivity contribution in [2.75, 3.05) is 0 Å². The highest BCUT2D eigenvalue weighted by atomic mass is 79.9. The van der Waals surface area contributed by atoms with E-state index in [0.29, 0.717) is 16.4 Å². The molecule has 0 bridgehead atoms. The number of amides is 1. The molecule has 0 saturated heterocycles. The zero-order valence-corrected chi connectivity index (χ0v) is 9.94. The van der Waals surface area contributed by atoms with Crippen LogP contribution in [0.25, 0.3) is 0 Å². The van der Waals surface area contributed by atoms with Crippen LogP contribution in [0, 0.1) is 6.92 Å². The van der Waals surface area contributed by atoms with Crippen molar-refractivity contribution in [3.05, 3.63) is 34.3 Å². The van der Waals surface area contributed by atoms with E-state index >= 15 is 0 Å². The van der Waals surface area contributed by atoms with Crippen LogP contribution < -0.4 is 5.32 Å². The first kappa shape index (κ1) is 10.9. The van der Waals surface area contributed by atoms with Crippen LogP contribution in [0.4, 0.5) is 0 Å². The van der Waals surface area contributed by atoms with E-state index in [4.69, 9.17) is 8.94 Å². The molecule has 0 unspecified atom stereocenters. The summed E-state index contributed by atoms with van der Waals surface area (Å²) >= 11 is 3.11. The highest BCUT2D eigenvalue weighted by Gasteiger charge is 2.11. The van der Waals surface area contributed by atoms with Gasteiger partial charge in [0.05, 0.1) is 6.54 Å². The maximum Gasteiger partial charge on any atom is 0.287 e. The first-order valence-electron chi connectivity index (χ1n) is 4.48. The van der Waals surface area contributed by atoms with Crippen LogP contribution >= 0.6 is 15.9 Å². The van der Waals surface area contributed by atoms with Crippen molar-refractivity contribution in [3.63, 3.8) is 0 Å². The number of aromatic nitrogens is 2. The zero-order valence-electron chi connectivity index (χ0n) is 8.36. The fourth-order valence-electron chi connectivity index (χ4n) is 1.09. The van der Waals surface area contributed by atoms with Gasteiger partial charge in [-0.1, -0.05) is 5.16 Å². The Hall–Kier alpha value is -1.63. The van der Waals surface area contributed by atoms with Crippen LogP contribution in [0.2, 0.25) is 0 Å². The van der Waals surface area contributed by atoms with Gasteiger partial charge in [0.25, 0.3) is 5.91 Å². The molecule has 2 heterocycles. The number of halogens is 1. The Morgan fingerprint density at radius 3 is 2.94 bits per heavy atom. The quantitative estimate of drug-likeness (QED) is 0.928. The predicted octanol–water partition coefficient (Wildman–Crippen LogP) is 1.66. The number of furan rings is 1. The van der Waals surface area contributed by atoms with E-state index in [1.807, 2.05) is 0 Å². The summed E-state index contributed by atoms with van der Waals surface area (Å²) in [5, 5.41) is 6.20. The minimum atomic E-state index is -0.332. The smallest absolute Gasteiger partial charge is 0.287 e. The number of carbonyl (C=O) groups excluding carboxylic acids is 1. The lowest BCUT2D eigenvalue weighted by atomic mass is 10.4.